The van der Waals surface area contributed by atoms with E-state index in [2.05, 4.69) is 19.8 Å². The van der Waals surface area contributed by atoms with Crippen molar-refractivity contribution in [3.05, 3.63) is 35.1 Å². The van der Waals surface area contributed by atoms with E-state index in [-0.39, 0.29) is 6.61 Å². The van der Waals surface area contributed by atoms with Gasteiger partial charge in [-0.05, 0) is 30.7 Å². The zero-order valence-corrected chi connectivity index (χ0v) is 14.9. The van der Waals surface area contributed by atoms with Crippen LogP contribution in [0.5, 0.6) is 11.6 Å². The monoisotopic (exact) mass is 363 g/mol. The predicted octanol–water partition coefficient (Wildman–Crippen LogP) is 1.93. The quantitative estimate of drug-likeness (QED) is 0.839. The van der Waals surface area contributed by atoms with E-state index in [4.69, 9.17) is 27.2 Å². The summed E-state index contributed by atoms with van der Waals surface area (Å²) < 4.78 is 5.83. The molecule has 0 spiro atoms. The van der Waals surface area contributed by atoms with Crippen LogP contribution in [0.2, 0.25) is 5.02 Å². The Morgan fingerprint density at radius 3 is 2.68 bits per heavy atom. The molecular weight excluding hydrogens is 342 g/mol. The lowest BCUT2D eigenvalue weighted by Gasteiger charge is -2.35. The number of nitrogen functional groups attached to an aromatic ring is 1. The van der Waals surface area contributed by atoms with Gasteiger partial charge < -0.3 is 20.5 Å². The number of aromatic nitrogens is 2. The number of aliphatic hydroxyl groups excluding tert-OH is 1. The first-order valence-corrected chi connectivity index (χ1v) is 8.59. The number of halogens is 1. The van der Waals surface area contributed by atoms with E-state index in [9.17, 15) is 0 Å². The fraction of sp³-hybridized carbons (Fsp3) is 0.412. The Hall–Kier alpha value is -2.09. The van der Waals surface area contributed by atoms with Crippen molar-refractivity contribution in [1.29, 1.82) is 0 Å². The molecule has 25 heavy (non-hydrogen) atoms. The molecule has 1 aromatic heterocycles. The van der Waals surface area contributed by atoms with Crippen molar-refractivity contribution in [2.75, 3.05) is 50.0 Å². The molecule has 1 aliphatic rings. The lowest BCUT2D eigenvalue weighted by molar-refractivity contribution is 0.188. The van der Waals surface area contributed by atoms with Crippen molar-refractivity contribution in [3.8, 4) is 11.6 Å². The van der Waals surface area contributed by atoms with Crippen molar-refractivity contribution in [2.24, 2.45) is 0 Å². The Morgan fingerprint density at radius 2 is 2.00 bits per heavy atom. The lowest BCUT2D eigenvalue weighted by Crippen LogP contribution is -2.47. The Morgan fingerprint density at radius 1 is 1.24 bits per heavy atom. The minimum Gasteiger partial charge on any atom is -0.437 e. The van der Waals surface area contributed by atoms with E-state index >= 15 is 0 Å². The molecule has 7 nitrogen and oxygen atoms in total. The maximum atomic E-state index is 9.04. The SMILES string of the molecule is Cc1cc(Oc2ncnc(N3CCN(CCO)CC3)c2N)ccc1Cl. The fourth-order valence-electron chi connectivity index (χ4n) is 2.82. The number of β-amino-alcohol motifs (C(OH)–C–C–N with tert-alkyl or cyclic N) is 1. The summed E-state index contributed by atoms with van der Waals surface area (Å²) in [4.78, 5) is 12.8. The molecule has 0 radical (unpaired) electrons. The van der Waals surface area contributed by atoms with Crippen molar-refractivity contribution in [3.63, 3.8) is 0 Å². The highest BCUT2D eigenvalue weighted by molar-refractivity contribution is 6.31. The van der Waals surface area contributed by atoms with Gasteiger partial charge in [0.2, 0.25) is 5.88 Å². The van der Waals surface area contributed by atoms with Crippen LogP contribution in [0, 0.1) is 6.92 Å². The summed E-state index contributed by atoms with van der Waals surface area (Å²) in [6.45, 7) is 6.08. The van der Waals surface area contributed by atoms with E-state index in [1.807, 2.05) is 13.0 Å². The molecule has 1 saturated heterocycles. The Bertz CT molecular complexity index is 735. The number of hydrogen-bond acceptors (Lipinski definition) is 7. The van der Waals surface area contributed by atoms with Crippen LogP contribution in [-0.2, 0) is 0 Å². The average molecular weight is 364 g/mol. The van der Waals surface area contributed by atoms with Crippen molar-refractivity contribution in [2.45, 2.75) is 6.92 Å². The number of piperazine rings is 1. The zero-order valence-electron chi connectivity index (χ0n) is 14.2. The molecular formula is C17H22ClN5O2. The Kier molecular flexibility index (Phi) is 5.57. The van der Waals surface area contributed by atoms with Crippen molar-refractivity contribution in [1.82, 2.24) is 14.9 Å². The second kappa shape index (κ2) is 7.86. The molecule has 3 N–H and O–H groups in total. The van der Waals surface area contributed by atoms with Gasteiger partial charge in [-0.2, -0.15) is 4.98 Å². The summed E-state index contributed by atoms with van der Waals surface area (Å²) in [7, 11) is 0. The fourth-order valence-corrected chi connectivity index (χ4v) is 2.94. The van der Waals surface area contributed by atoms with Gasteiger partial charge in [0, 0.05) is 37.7 Å². The summed E-state index contributed by atoms with van der Waals surface area (Å²) in [5, 5.41) is 9.72. The van der Waals surface area contributed by atoms with E-state index < -0.39 is 0 Å². The van der Waals surface area contributed by atoms with E-state index in [0.717, 1.165) is 31.7 Å². The predicted molar refractivity (Wildman–Crippen MR) is 98.4 cm³/mol. The van der Waals surface area contributed by atoms with Gasteiger partial charge in [0.05, 0.1) is 6.61 Å². The molecule has 1 fully saturated rings. The van der Waals surface area contributed by atoms with Gasteiger partial charge in [-0.3, -0.25) is 4.90 Å². The maximum absolute atomic E-state index is 9.04. The van der Waals surface area contributed by atoms with Gasteiger partial charge >= 0.3 is 0 Å². The second-order valence-electron chi connectivity index (χ2n) is 5.98. The molecule has 1 aliphatic heterocycles. The normalized spacial score (nSPS) is 15.4. The van der Waals surface area contributed by atoms with Crippen molar-refractivity contribution < 1.29 is 9.84 Å². The summed E-state index contributed by atoms with van der Waals surface area (Å²) in [6.07, 6.45) is 1.46. The molecule has 0 aliphatic carbocycles. The lowest BCUT2D eigenvalue weighted by atomic mass is 10.2. The smallest absolute Gasteiger partial charge is 0.248 e. The van der Waals surface area contributed by atoms with Crippen LogP contribution >= 0.6 is 11.6 Å². The highest BCUT2D eigenvalue weighted by Crippen LogP contribution is 2.32. The Labute approximate surface area is 152 Å². The number of hydrogen-bond donors (Lipinski definition) is 2. The Balaban J connectivity index is 1.75. The second-order valence-corrected chi connectivity index (χ2v) is 6.39. The van der Waals surface area contributed by atoms with E-state index in [0.29, 0.717) is 34.7 Å². The molecule has 0 amide bonds. The third kappa shape index (κ3) is 4.12. The first kappa shape index (κ1) is 17.7. The first-order valence-electron chi connectivity index (χ1n) is 8.21. The number of anilines is 2. The van der Waals surface area contributed by atoms with Gasteiger partial charge in [0.15, 0.2) is 5.82 Å². The summed E-state index contributed by atoms with van der Waals surface area (Å²) >= 11 is 6.04. The summed E-state index contributed by atoms with van der Waals surface area (Å²) in [5.41, 5.74) is 7.60. The van der Waals surface area contributed by atoms with E-state index in [1.54, 1.807) is 12.1 Å². The third-order valence-electron chi connectivity index (χ3n) is 4.26. The van der Waals surface area contributed by atoms with Crippen LogP contribution in [0.25, 0.3) is 0 Å². The summed E-state index contributed by atoms with van der Waals surface area (Å²) in [6, 6.07) is 5.41. The van der Waals surface area contributed by atoms with Crippen LogP contribution in [0.3, 0.4) is 0 Å². The van der Waals surface area contributed by atoms with Crippen molar-refractivity contribution >= 4 is 23.1 Å². The van der Waals surface area contributed by atoms with Crippen LogP contribution in [0.1, 0.15) is 5.56 Å². The van der Waals surface area contributed by atoms with Gasteiger partial charge in [-0.15, -0.1) is 0 Å². The molecule has 134 valence electrons. The minimum atomic E-state index is 0.175. The standard InChI is InChI=1S/C17H22ClN5O2/c1-12-10-13(2-3-14(12)18)25-17-15(19)16(20-11-21-17)23-6-4-22(5-7-23)8-9-24/h2-3,10-11,24H,4-9,19H2,1H3. The molecule has 8 heteroatoms. The van der Waals surface area contributed by atoms with E-state index in [1.165, 1.54) is 6.33 Å². The molecule has 0 saturated carbocycles. The minimum absolute atomic E-state index is 0.175. The number of ether oxygens (including phenoxy) is 1. The molecule has 0 bridgehead atoms. The van der Waals surface area contributed by atoms with Gasteiger partial charge in [-0.1, -0.05) is 11.6 Å². The van der Waals surface area contributed by atoms with Crippen LogP contribution in [-0.4, -0.2) is 59.3 Å². The molecule has 2 heterocycles. The number of rotatable bonds is 5. The largest absolute Gasteiger partial charge is 0.437 e. The summed E-state index contributed by atoms with van der Waals surface area (Å²) in [5.74, 6) is 1.65. The zero-order chi connectivity index (χ0) is 17.8. The molecule has 0 unspecified atom stereocenters. The number of aryl methyl sites for hydroxylation is 1. The average Bonchev–Trinajstić information content (AvgIpc) is 2.61. The number of aliphatic hydroxyl groups is 1. The topological polar surface area (TPSA) is 87.7 Å². The molecule has 3 rings (SSSR count). The first-order chi connectivity index (χ1) is 12.1. The van der Waals surface area contributed by atoms with Crippen LogP contribution in [0.15, 0.2) is 24.5 Å². The number of nitrogens with zero attached hydrogens (tertiary/aromatic N) is 4. The highest BCUT2D eigenvalue weighted by atomic mass is 35.5. The van der Waals surface area contributed by atoms with Gasteiger partial charge in [0.1, 0.15) is 17.8 Å². The molecule has 2 aromatic rings. The van der Waals surface area contributed by atoms with Crippen LogP contribution in [0.4, 0.5) is 11.5 Å². The van der Waals surface area contributed by atoms with Gasteiger partial charge in [0.25, 0.3) is 0 Å². The van der Waals surface area contributed by atoms with Crippen LogP contribution < -0.4 is 15.4 Å². The number of benzene rings is 1. The molecule has 0 atom stereocenters. The van der Waals surface area contributed by atoms with Gasteiger partial charge in [-0.25, -0.2) is 4.98 Å². The number of nitrogens with two attached hydrogens (primary N) is 1. The maximum Gasteiger partial charge on any atom is 0.248 e. The third-order valence-corrected chi connectivity index (χ3v) is 4.68. The molecule has 1 aromatic carbocycles. The highest BCUT2D eigenvalue weighted by Gasteiger charge is 2.21.